The lowest BCUT2D eigenvalue weighted by Crippen LogP contribution is -2.59. The van der Waals surface area contributed by atoms with E-state index in [4.69, 9.17) is 11.6 Å². The molecule has 1 amide bonds. The van der Waals surface area contributed by atoms with E-state index in [1.807, 2.05) is 0 Å². The lowest BCUT2D eigenvalue weighted by atomic mass is 10.1. The Bertz CT molecular complexity index is 767. The number of rotatable bonds is 7. The summed E-state index contributed by atoms with van der Waals surface area (Å²) in [5.74, 6) is -15.8. The summed E-state index contributed by atoms with van der Waals surface area (Å²) >= 11 is 5.70. The maximum Gasteiger partial charge on any atom is 0.460 e. The fourth-order valence-electron chi connectivity index (χ4n) is 2.41. The third-order valence-electron chi connectivity index (χ3n) is 4.03. The van der Waals surface area contributed by atoms with Crippen LogP contribution in [-0.2, 0) is 17.5 Å². The fraction of sp³-hybridized carbons (Fsp3) is 0.714. The van der Waals surface area contributed by atoms with Crippen molar-refractivity contribution in [3.63, 3.8) is 0 Å². The zero-order valence-electron chi connectivity index (χ0n) is 14.1. The monoisotopic (exact) mass is 463 g/mol. The molecule has 2 rings (SSSR count). The molecule has 1 aliphatic carbocycles. The molecule has 0 aliphatic heterocycles. The highest BCUT2D eigenvalue weighted by molar-refractivity contribution is 6.32. The molecule has 1 N–H and O–H groups in total. The van der Waals surface area contributed by atoms with Gasteiger partial charge >= 0.3 is 24.2 Å². The first-order valence-electron chi connectivity index (χ1n) is 7.96. The first-order chi connectivity index (χ1) is 13.0. The van der Waals surface area contributed by atoms with Crippen molar-refractivity contribution in [1.29, 1.82) is 0 Å². The predicted octanol–water partition coefficient (Wildman–Crippen LogP) is 4.77. The van der Waals surface area contributed by atoms with E-state index in [0.717, 1.165) is 4.68 Å². The zero-order chi connectivity index (χ0) is 22.4. The topological polar surface area (TPSA) is 46.9 Å². The Morgan fingerprint density at radius 2 is 1.62 bits per heavy atom. The van der Waals surface area contributed by atoms with Crippen LogP contribution in [-0.4, -0.2) is 40.3 Å². The summed E-state index contributed by atoms with van der Waals surface area (Å²) in [4.78, 5) is 11.1. The van der Waals surface area contributed by atoms with E-state index in [9.17, 15) is 48.7 Å². The van der Waals surface area contributed by atoms with Crippen LogP contribution in [0.15, 0.2) is 0 Å². The first kappa shape index (κ1) is 23.5. The van der Waals surface area contributed by atoms with E-state index in [-0.39, 0.29) is 24.6 Å². The molecule has 166 valence electrons. The first-order valence-corrected chi connectivity index (χ1v) is 8.33. The molecule has 0 atom stereocenters. The molecule has 4 nitrogen and oxygen atoms in total. The number of hydrogen-bond donors (Lipinski definition) is 1. The Morgan fingerprint density at radius 3 is 2.07 bits per heavy atom. The molecule has 29 heavy (non-hydrogen) atoms. The minimum Gasteiger partial charge on any atom is -0.351 e. The number of carbonyl (C=O) groups is 1. The maximum absolute atomic E-state index is 13.2. The van der Waals surface area contributed by atoms with E-state index < -0.39 is 47.4 Å². The van der Waals surface area contributed by atoms with Crippen molar-refractivity contribution in [3.8, 4) is 0 Å². The molecule has 1 heterocycles. The van der Waals surface area contributed by atoms with E-state index >= 15 is 0 Å². The highest BCUT2D eigenvalue weighted by Gasteiger charge is 2.76. The molecule has 0 bridgehead atoms. The van der Waals surface area contributed by atoms with Crippen LogP contribution < -0.4 is 5.32 Å². The van der Waals surface area contributed by atoms with Crippen LogP contribution in [0, 0.1) is 0 Å². The lowest BCUT2D eigenvalue weighted by Gasteiger charge is -2.27. The van der Waals surface area contributed by atoms with Gasteiger partial charge in [-0.05, 0) is 19.3 Å². The highest BCUT2D eigenvalue weighted by atomic mass is 35.5. The summed E-state index contributed by atoms with van der Waals surface area (Å²) in [5.41, 5.74) is -1.30. The average molecular weight is 464 g/mol. The molecule has 1 aromatic heterocycles. The van der Waals surface area contributed by atoms with Gasteiger partial charge in [0.2, 0.25) is 0 Å². The summed E-state index contributed by atoms with van der Waals surface area (Å²) in [6.45, 7) is -1.19. The zero-order valence-corrected chi connectivity index (χ0v) is 14.8. The second-order valence-electron chi connectivity index (χ2n) is 6.30. The van der Waals surface area contributed by atoms with Gasteiger partial charge in [-0.25, -0.2) is 0 Å². The van der Waals surface area contributed by atoms with Crippen molar-refractivity contribution in [2.75, 3.05) is 6.54 Å². The van der Waals surface area contributed by atoms with E-state index in [2.05, 4.69) is 5.10 Å². The summed E-state index contributed by atoms with van der Waals surface area (Å²) in [6, 6.07) is 0. The number of carbonyl (C=O) groups excluding carboxylic acids is 1. The molecule has 1 aliphatic rings. The van der Waals surface area contributed by atoms with Crippen molar-refractivity contribution in [1.82, 2.24) is 15.1 Å². The Balaban J connectivity index is 2.02. The molecule has 1 fully saturated rings. The van der Waals surface area contributed by atoms with Crippen LogP contribution in [0.3, 0.4) is 0 Å². The molecule has 1 saturated carbocycles. The van der Waals surface area contributed by atoms with E-state index in [1.54, 1.807) is 0 Å². The highest BCUT2D eigenvalue weighted by Crippen LogP contribution is 2.47. The molecular weight excluding hydrogens is 452 g/mol. The van der Waals surface area contributed by atoms with Crippen molar-refractivity contribution < 1.29 is 48.7 Å². The maximum atomic E-state index is 13.2. The molecular formula is C14H12ClF10N3O. The number of hydrogen-bond acceptors (Lipinski definition) is 2. The number of nitrogens with one attached hydrogen (secondary N) is 1. The van der Waals surface area contributed by atoms with Gasteiger partial charge in [0.15, 0.2) is 5.69 Å². The van der Waals surface area contributed by atoms with Gasteiger partial charge in [-0.3, -0.25) is 9.48 Å². The second kappa shape index (κ2) is 7.51. The number of nitrogens with zero attached hydrogens (tertiary/aromatic N) is 2. The summed E-state index contributed by atoms with van der Waals surface area (Å²) in [7, 11) is 0. The molecule has 0 saturated heterocycles. The third-order valence-corrected chi connectivity index (χ3v) is 4.40. The van der Waals surface area contributed by atoms with Crippen LogP contribution in [0.1, 0.15) is 36.6 Å². The molecule has 0 aromatic carbocycles. The SMILES string of the molecule is O=C(NCCCn1nc(C(F)(F)F)c(Cl)c1C1CC1)C(F)(F)C(F)(F)C(F)(F)F. The number of alkyl halides is 10. The van der Waals surface area contributed by atoms with Crippen LogP contribution in [0.4, 0.5) is 43.9 Å². The van der Waals surface area contributed by atoms with Gasteiger partial charge < -0.3 is 5.32 Å². The number of amides is 1. The second-order valence-corrected chi connectivity index (χ2v) is 6.68. The minimum atomic E-state index is -6.66. The van der Waals surface area contributed by atoms with Crippen molar-refractivity contribution in [2.24, 2.45) is 0 Å². The summed E-state index contributed by atoms with van der Waals surface area (Å²) in [6.07, 6.45) is -10.8. The van der Waals surface area contributed by atoms with Gasteiger partial charge in [0.1, 0.15) is 0 Å². The van der Waals surface area contributed by atoms with Gasteiger partial charge in [-0.2, -0.15) is 49.0 Å². The Hall–Kier alpha value is -1.73. The van der Waals surface area contributed by atoms with Gasteiger partial charge in [0.05, 0.1) is 10.7 Å². The molecule has 0 radical (unpaired) electrons. The van der Waals surface area contributed by atoms with Gasteiger partial charge in [-0.15, -0.1) is 0 Å². The van der Waals surface area contributed by atoms with Crippen LogP contribution in [0.2, 0.25) is 5.02 Å². The van der Waals surface area contributed by atoms with Crippen molar-refractivity contribution >= 4 is 17.5 Å². The van der Waals surface area contributed by atoms with Crippen LogP contribution >= 0.6 is 11.6 Å². The number of halogens is 11. The Morgan fingerprint density at radius 1 is 1.07 bits per heavy atom. The van der Waals surface area contributed by atoms with Crippen molar-refractivity contribution in [2.45, 2.75) is 55.9 Å². The third kappa shape index (κ3) is 4.56. The fourth-order valence-corrected chi connectivity index (χ4v) is 2.81. The summed E-state index contributed by atoms with van der Waals surface area (Å²) in [5, 5.41) is 3.91. The molecule has 0 unspecified atom stereocenters. The Kier molecular flexibility index (Phi) is 6.10. The predicted molar refractivity (Wildman–Crippen MR) is 77.8 cm³/mol. The Labute approximate surface area is 161 Å². The standard InChI is InChI=1S/C14H12ClF10N3O/c15-7-8(6-2-3-6)28(27-9(7)12(18,19)20)5-1-4-26-10(29)11(16,17)13(21,22)14(23,24)25/h6H,1-5H2,(H,26,29). The number of aryl methyl sites for hydroxylation is 1. The van der Waals surface area contributed by atoms with Gasteiger partial charge in [0.25, 0.3) is 5.91 Å². The minimum absolute atomic E-state index is 0.0549. The quantitative estimate of drug-likeness (QED) is 0.468. The van der Waals surface area contributed by atoms with E-state index in [1.165, 1.54) is 5.32 Å². The summed E-state index contributed by atoms with van der Waals surface area (Å²) < 4.78 is 128. The largest absolute Gasteiger partial charge is 0.460 e. The number of aromatic nitrogens is 2. The molecule has 1 aromatic rings. The smallest absolute Gasteiger partial charge is 0.351 e. The van der Waals surface area contributed by atoms with Crippen LogP contribution in [0.25, 0.3) is 0 Å². The average Bonchev–Trinajstić information content (AvgIpc) is 3.32. The van der Waals surface area contributed by atoms with Gasteiger partial charge in [0, 0.05) is 19.0 Å². The molecule has 15 heteroatoms. The van der Waals surface area contributed by atoms with Crippen LogP contribution in [0.5, 0.6) is 0 Å². The molecule has 0 spiro atoms. The van der Waals surface area contributed by atoms with Gasteiger partial charge in [-0.1, -0.05) is 11.6 Å². The lowest BCUT2D eigenvalue weighted by molar-refractivity contribution is -0.344. The normalized spacial score (nSPS) is 16.2. The van der Waals surface area contributed by atoms with Crippen molar-refractivity contribution in [3.05, 3.63) is 16.4 Å². The van der Waals surface area contributed by atoms with E-state index in [0.29, 0.717) is 12.8 Å².